The van der Waals surface area contributed by atoms with E-state index in [1.165, 1.54) is 12.0 Å². The highest BCUT2D eigenvalue weighted by Crippen LogP contribution is 2.31. The number of amides is 2. The van der Waals surface area contributed by atoms with Crippen molar-refractivity contribution in [2.75, 3.05) is 24.2 Å². The Kier molecular flexibility index (Phi) is 9.71. The second kappa shape index (κ2) is 12.1. The Balaban J connectivity index is 2.46. The molecule has 8 nitrogen and oxygen atoms in total. The van der Waals surface area contributed by atoms with E-state index in [1.54, 1.807) is 25.1 Å². The molecule has 0 fully saturated rings. The Hall–Kier alpha value is -3.07. The summed E-state index contributed by atoms with van der Waals surface area (Å²) in [6, 6.07) is 11.9. The van der Waals surface area contributed by atoms with Crippen molar-refractivity contribution < 1.29 is 22.7 Å². The van der Waals surface area contributed by atoms with Gasteiger partial charge in [-0.05, 0) is 57.4 Å². The van der Waals surface area contributed by atoms with Gasteiger partial charge < -0.3 is 15.0 Å². The topological polar surface area (TPSA) is 96.0 Å². The minimum absolute atomic E-state index is 0.0510. The summed E-state index contributed by atoms with van der Waals surface area (Å²) in [6.07, 6.45) is 1.80. The minimum atomic E-state index is -3.84. The molecule has 2 atom stereocenters. The summed E-state index contributed by atoms with van der Waals surface area (Å²) >= 11 is 0. The van der Waals surface area contributed by atoms with Crippen LogP contribution in [0.1, 0.15) is 43.9 Å². The van der Waals surface area contributed by atoms with Crippen molar-refractivity contribution in [2.45, 2.75) is 59.7 Å². The number of nitrogens with zero attached hydrogens (tertiary/aromatic N) is 2. The average molecular weight is 504 g/mol. The molecule has 0 bridgehead atoms. The molecular formula is C26H37N3O5S. The number of sulfonamides is 1. The average Bonchev–Trinajstić information content (AvgIpc) is 2.79. The van der Waals surface area contributed by atoms with Gasteiger partial charge in [0, 0.05) is 12.6 Å². The molecule has 0 saturated carbocycles. The van der Waals surface area contributed by atoms with Crippen LogP contribution in [0, 0.1) is 13.8 Å². The predicted octanol–water partition coefficient (Wildman–Crippen LogP) is 3.41. The summed E-state index contributed by atoms with van der Waals surface area (Å²) in [6.45, 7) is 8.99. The molecule has 9 heteroatoms. The number of carbonyl (C=O) groups is 2. The van der Waals surface area contributed by atoms with Crippen LogP contribution in [0.2, 0.25) is 0 Å². The molecule has 192 valence electrons. The number of hydrogen-bond acceptors (Lipinski definition) is 5. The first-order valence-electron chi connectivity index (χ1n) is 11.6. The predicted molar refractivity (Wildman–Crippen MR) is 139 cm³/mol. The zero-order valence-electron chi connectivity index (χ0n) is 21.7. The molecule has 0 radical (unpaired) electrons. The zero-order chi connectivity index (χ0) is 26.3. The number of nitrogens with one attached hydrogen (secondary N) is 1. The Morgan fingerprint density at radius 1 is 1.06 bits per heavy atom. The molecular weight excluding hydrogens is 466 g/mol. The molecule has 0 unspecified atom stereocenters. The van der Waals surface area contributed by atoms with E-state index in [-0.39, 0.29) is 24.2 Å². The lowest BCUT2D eigenvalue weighted by atomic mass is 10.1. The molecule has 2 rings (SSSR count). The van der Waals surface area contributed by atoms with Crippen LogP contribution < -0.4 is 14.4 Å². The third-order valence-electron chi connectivity index (χ3n) is 5.89. The number of ether oxygens (including phenoxy) is 1. The fourth-order valence-electron chi connectivity index (χ4n) is 3.65. The van der Waals surface area contributed by atoms with Gasteiger partial charge in [0.05, 0.1) is 19.1 Å². The molecule has 0 aliphatic carbocycles. The first kappa shape index (κ1) is 28.2. The summed E-state index contributed by atoms with van der Waals surface area (Å²) in [4.78, 5) is 28.0. The maximum atomic E-state index is 13.6. The van der Waals surface area contributed by atoms with E-state index in [0.29, 0.717) is 5.75 Å². The Morgan fingerprint density at radius 3 is 2.29 bits per heavy atom. The first-order valence-corrected chi connectivity index (χ1v) is 13.5. The maximum Gasteiger partial charge on any atom is 0.244 e. The van der Waals surface area contributed by atoms with Crippen LogP contribution >= 0.6 is 0 Å². The second-order valence-electron chi connectivity index (χ2n) is 8.95. The Labute approximate surface area is 209 Å². The van der Waals surface area contributed by atoms with Gasteiger partial charge in [-0.15, -0.1) is 0 Å². The highest BCUT2D eigenvalue weighted by Gasteiger charge is 2.31. The van der Waals surface area contributed by atoms with E-state index in [9.17, 15) is 18.0 Å². The zero-order valence-corrected chi connectivity index (χ0v) is 22.5. The number of methoxy groups -OCH3 is 1. The van der Waals surface area contributed by atoms with Crippen LogP contribution in [-0.4, -0.2) is 57.1 Å². The summed E-state index contributed by atoms with van der Waals surface area (Å²) in [5.74, 6) is -0.451. The summed E-state index contributed by atoms with van der Waals surface area (Å²) in [5, 5.41) is 2.92. The van der Waals surface area contributed by atoms with Crippen molar-refractivity contribution in [3.05, 3.63) is 59.2 Å². The molecule has 35 heavy (non-hydrogen) atoms. The van der Waals surface area contributed by atoms with Crippen LogP contribution in [0.25, 0.3) is 0 Å². The molecule has 0 aliphatic rings. The molecule has 0 saturated heterocycles. The lowest BCUT2D eigenvalue weighted by Gasteiger charge is -2.32. The third-order valence-corrected chi connectivity index (χ3v) is 7.01. The van der Waals surface area contributed by atoms with Crippen molar-refractivity contribution in [2.24, 2.45) is 0 Å². The molecule has 0 aliphatic heterocycles. The number of anilines is 1. The first-order chi connectivity index (χ1) is 16.4. The largest absolute Gasteiger partial charge is 0.495 e. The van der Waals surface area contributed by atoms with Gasteiger partial charge in [-0.3, -0.25) is 13.9 Å². The molecule has 1 N–H and O–H groups in total. The van der Waals surface area contributed by atoms with Crippen LogP contribution in [-0.2, 0) is 26.2 Å². The minimum Gasteiger partial charge on any atom is -0.495 e. The number of aryl methyl sites for hydroxylation is 2. The summed E-state index contributed by atoms with van der Waals surface area (Å²) in [7, 11) is -2.39. The molecule has 2 amide bonds. The van der Waals surface area contributed by atoms with Crippen molar-refractivity contribution >= 4 is 27.5 Å². The fourth-order valence-corrected chi connectivity index (χ4v) is 4.49. The summed E-state index contributed by atoms with van der Waals surface area (Å²) in [5.41, 5.74) is 2.96. The van der Waals surface area contributed by atoms with E-state index in [4.69, 9.17) is 4.74 Å². The normalized spacial score (nSPS) is 13.0. The van der Waals surface area contributed by atoms with Crippen LogP contribution in [0.15, 0.2) is 42.5 Å². The smallest absolute Gasteiger partial charge is 0.244 e. The number of carbonyl (C=O) groups excluding carboxylic acids is 2. The highest BCUT2D eigenvalue weighted by atomic mass is 32.2. The molecule has 0 aromatic heterocycles. The van der Waals surface area contributed by atoms with Gasteiger partial charge in [0.1, 0.15) is 18.3 Å². The van der Waals surface area contributed by atoms with Gasteiger partial charge in [0.15, 0.2) is 0 Å². The van der Waals surface area contributed by atoms with Gasteiger partial charge in [-0.25, -0.2) is 8.42 Å². The lowest BCUT2D eigenvalue weighted by molar-refractivity contribution is -0.139. The van der Waals surface area contributed by atoms with Crippen LogP contribution in [0.5, 0.6) is 5.75 Å². The van der Waals surface area contributed by atoms with E-state index >= 15 is 0 Å². The van der Waals surface area contributed by atoms with Gasteiger partial charge in [0.2, 0.25) is 21.8 Å². The van der Waals surface area contributed by atoms with Gasteiger partial charge >= 0.3 is 0 Å². The standard InChI is InChI=1S/C26H37N3O5S/c1-8-20(4)27-26(31)21(5)28(16-22-11-9-10-18(2)14-22)25(30)17-29(35(7,32)33)23-15-19(3)12-13-24(23)34-6/h9-15,20-21H,8,16-17H2,1-7H3,(H,27,31)/t20-,21-/m0/s1. The highest BCUT2D eigenvalue weighted by molar-refractivity contribution is 7.92. The molecule has 2 aromatic rings. The van der Waals surface area contributed by atoms with Gasteiger partial charge in [-0.1, -0.05) is 42.8 Å². The quantitative estimate of drug-likeness (QED) is 0.507. The van der Waals surface area contributed by atoms with E-state index in [2.05, 4.69) is 5.32 Å². The fraction of sp³-hybridized carbons (Fsp3) is 0.462. The number of rotatable bonds is 11. The van der Waals surface area contributed by atoms with Gasteiger partial charge in [-0.2, -0.15) is 0 Å². The van der Waals surface area contributed by atoms with Gasteiger partial charge in [0.25, 0.3) is 0 Å². The van der Waals surface area contributed by atoms with Crippen molar-refractivity contribution in [3.8, 4) is 5.75 Å². The van der Waals surface area contributed by atoms with E-state index < -0.39 is 28.5 Å². The number of hydrogen-bond donors (Lipinski definition) is 1. The SMILES string of the molecule is CC[C@H](C)NC(=O)[C@H](C)N(Cc1cccc(C)c1)C(=O)CN(c1cc(C)ccc1OC)S(C)(=O)=O. The van der Waals surface area contributed by atoms with Crippen LogP contribution in [0.3, 0.4) is 0 Å². The monoisotopic (exact) mass is 503 g/mol. The van der Waals surface area contributed by atoms with E-state index in [0.717, 1.165) is 33.7 Å². The van der Waals surface area contributed by atoms with Crippen molar-refractivity contribution in [1.29, 1.82) is 0 Å². The molecule has 0 spiro atoms. The Bertz CT molecular complexity index is 1150. The van der Waals surface area contributed by atoms with Crippen LogP contribution in [0.4, 0.5) is 5.69 Å². The molecule has 0 heterocycles. The maximum absolute atomic E-state index is 13.6. The summed E-state index contributed by atoms with van der Waals surface area (Å²) < 4.78 is 32.0. The van der Waals surface area contributed by atoms with E-state index in [1.807, 2.05) is 52.0 Å². The van der Waals surface area contributed by atoms with Crippen molar-refractivity contribution in [3.63, 3.8) is 0 Å². The lowest BCUT2D eigenvalue weighted by Crippen LogP contribution is -2.52. The second-order valence-corrected chi connectivity index (χ2v) is 10.9. The number of benzene rings is 2. The molecule has 2 aromatic carbocycles. The van der Waals surface area contributed by atoms with Crippen molar-refractivity contribution in [1.82, 2.24) is 10.2 Å². The third kappa shape index (κ3) is 7.71. The Morgan fingerprint density at radius 2 is 1.71 bits per heavy atom.